The Kier molecular flexibility index (Phi) is 5.81. The Morgan fingerprint density at radius 3 is 2.28 bits per heavy atom. The maximum Gasteiger partial charge on any atom is 0.416 e. The highest BCUT2D eigenvalue weighted by Gasteiger charge is 2.30. The van der Waals surface area contributed by atoms with Gasteiger partial charge in [-0.25, -0.2) is 17.5 Å². The van der Waals surface area contributed by atoms with E-state index < -0.39 is 33.7 Å². The summed E-state index contributed by atoms with van der Waals surface area (Å²) in [5, 5.41) is 0. The molecule has 0 aliphatic rings. The van der Waals surface area contributed by atoms with Crippen LogP contribution in [0, 0.1) is 5.82 Å². The molecule has 2 rings (SSSR count). The minimum absolute atomic E-state index is 0.205. The number of ether oxygens (including phenoxy) is 1. The number of hydrogen-bond donors (Lipinski definition) is 1. The van der Waals surface area contributed by atoms with Gasteiger partial charge in [-0.1, -0.05) is 12.1 Å². The third-order valence-corrected chi connectivity index (χ3v) is 4.90. The number of sulfonamides is 1. The molecule has 0 fully saturated rings. The third-order valence-electron chi connectivity index (χ3n) is 3.46. The molecule has 0 saturated heterocycles. The van der Waals surface area contributed by atoms with Crippen LogP contribution < -0.4 is 4.72 Å². The van der Waals surface area contributed by atoms with Crippen molar-refractivity contribution < 1.29 is 30.7 Å². The summed E-state index contributed by atoms with van der Waals surface area (Å²) < 4.78 is 82.6. The van der Waals surface area contributed by atoms with Gasteiger partial charge in [-0.05, 0) is 42.0 Å². The van der Waals surface area contributed by atoms with E-state index in [0.717, 1.165) is 12.1 Å². The fraction of sp³-hybridized carbons (Fsp3) is 0.250. The van der Waals surface area contributed by atoms with Gasteiger partial charge >= 0.3 is 6.18 Å². The molecule has 136 valence electrons. The minimum Gasteiger partial charge on any atom is -0.375 e. The summed E-state index contributed by atoms with van der Waals surface area (Å²) in [6, 6.07) is 8.60. The maximum absolute atomic E-state index is 13.3. The molecule has 1 N–H and O–H groups in total. The number of nitrogens with one attached hydrogen (secondary N) is 1. The van der Waals surface area contributed by atoms with Crippen molar-refractivity contribution in [2.75, 3.05) is 13.7 Å². The summed E-state index contributed by atoms with van der Waals surface area (Å²) >= 11 is 0. The van der Waals surface area contributed by atoms with Crippen molar-refractivity contribution >= 4 is 10.0 Å². The number of rotatable bonds is 6. The lowest BCUT2D eigenvalue weighted by Gasteiger charge is -2.17. The Morgan fingerprint density at radius 2 is 1.76 bits per heavy atom. The van der Waals surface area contributed by atoms with Crippen molar-refractivity contribution in [3.63, 3.8) is 0 Å². The molecule has 0 heterocycles. The van der Waals surface area contributed by atoms with Crippen molar-refractivity contribution in [2.45, 2.75) is 17.2 Å². The highest BCUT2D eigenvalue weighted by molar-refractivity contribution is 7.89. The first kappa shape index (κ1) is 19.4. The molecule has 0 aliphatic carbocycles. The standard InChI is InChI=1S/C16H15F4NO3S/c1-24-15(11-3-2-4-13(17)9-11)10-21-25(22,23)14-7-5-12(6-8-14)16(18,19)20/h2-9,15,21H,10H2,1H3/t15-/m1/s1. The Hall–Kier alpha value is -1.97. The summed E-state index contributed by atoms with van der Waals surface area (Å²) in [6.45, 7) is -0.205. The molecule has 0 bridgehead atoms. The fourth-order valence-electron chi connectivity index (χ4n) is 2.14. The fourth-order valence-corrected chi connectivity index (χ4v) is 3.17. The van der Waals surface area contributed by atoms with E-state index in [9.17, 15) is 26.0 Å². The van der Waals surface area contributed by atoms with Crippen LogP contribution in [0.5, 0.6) is 0 Å². The highest BCUT2D eigenvalue weighted by atomic mass is 32.2. The molecule has 0 aliphatic heterocycles. The second-order valence-electron chi connectivity index (χ2n) is 5.15. The van der Waals surface area contributed by atoms with Gasteiger partial charge in [-0.15, -0.1) is 0 Å². The summed E-state index contributed by atoms with van der Waals surface area (Å²) in [5.74, 6) is -0.495. The van der Waals surface area contributed by atoms with Gasteiger partial charge in [0.05, 0.1) is 16.6 Å². The molecule has 0 amide bonds. The van der Waals surface area contributed by atoms with Crippen molar-refractivity contribution in [3.8, 4) is 0 Å². The van der Waals surface area contributed by atoms with Gasteiger partial charge < -0.3 is 4.74 Å². The zero-order valence-electron chi connectivity index (χ0n) is 13.0. The molecule has 0 aromatic heterocycles. The van der Waals surface area contributed by atoms with E-state index in [1.807, 2.05) is 0 Å². The van der Waals surface area contributed by atoms with Crippen LogP contribution in [0.25, 0.3) is 0 Å². The van der Waals surface area contributed by atoms with E-state index in [0.29, 0.717) is 17.7 Å². The number of benzene rings is 2. The molecule has 0 saturated carbocycles. The molecule has 0 spiro atoms. The van der Waals surface area contributed by atoms with Gasteiger partial charge in [-0.3, -0.25) is 0 Å². The molecule has 9 heteroatoms. The van der Waals surface area contributed by atoms with Crippen LogP contribution in [-0.2, 0) is 20.9 Å². The topological polar surface area (TPSA) is 55.4 Å². The van der Waals surface area contributed by atoms with Crippen LogP contribution in [0.4, 0.5) is 17.6 Å². The van der Waals surface area contributed by atoms with Gasteiger partial charge in [-0.2, -0.15) is 13.2 Å². The molecule has 2 aromatic rings. The van der Waals surface area contributed by atoms with Crippen molar-refractivity contribution in [3.05, 3.63) is 65.5 Å². The number of halogens is 4. The van der Waals surface area contributed by atoms with Crippen LogP contribution in [0.3, 0.4) is 0 Å². The first-order valence-electron chi connectivity index (χ1n) is 7.08. The quantitative estimate of drug-likeness (QED) is 0.784. The maximum atomic E-state index is 13.3. The number of alkyl halides is 3. The lowest BCUT2D eigenvalue weighted by atomic mass is 10.1. The van der Waals surface area contributed by atoms with E-state index in [1.54, 1.807) is 6.07 Å². The van der Waals surface area contributed by atoms with Gasteiger partial charge in [0.15, 0.2) is 0 Å². The zero-order chi connectivity index (χ0) is 18.7. The Labute approximate surface area is 142 Å². The van der Waals surface area contributed by atoms with Crippen LogP contribution in [0.2, 0.25) is 0 Å². The van der Waals surface area contributed by atoms with E-state index >= 15 is 0 Å². The molecule has 0 unspecified atom stereocenters. The minimum atomic E-state index is -4.55. The largest absolute Gasteiger partial charge is 0.416 e. The van der Waals surface area contributed by atoms with Gasteiger partial charge in [0.2, 0.25) is 10.0 Å². The van der Waals surface area contributed by atoms with Crippen molar-refractivity contribution in [1.82, 2.24) is 4.72 Å². The summed E-state index contributed by atoms with van der Waals surface area (Å²) in [6.07, 6.45) is -5.30. The van der Waals surface area contributed by atoms with Crippen molar-refractivity contribution in [1.29, 1.82) is 0 Å². The first-order valence-corrected chi connectivity index (χ1v) is 8.57. The molecule has 4 nitrogen and oxygen atoms in total. The van der Waals surface area contributed by atoms with Crippen LogP contribution in [0.15, 0.2) is 53.4 Å². The second-order valence-corrected chi connectivity index (χ2v) is 6.92. The van der Waals surface area contributed by atoms with Crippen LogP contribution >= 0.6 is 0 Å². The monoisotopic (exact) mass is 377 g/mol. The van der Waals surface area contributed by atoms with E-state index in [1.165, 1.54) is 25.3 Å². The van der Waals surface area contributed by atoms with Crippen LogP contribution in [-0.4, -0.2) is 22.1 Å². The third kappa shape index (κ3) is 5.00. The molecular formula is C16H15F4NO3S. The van der Waals surface area contributed by atoms with Crippen LogP contribution in [0.1, 0.15) is 17.2 Å². The van der Waals surface area contributed by atoms with Gasteiger partial charge in [0.25, 0.3) is 0 Å². The lowest BCUT2D eigenvalue weighted by Crippen LogP contribution is -2.29. The second kappa shape index (κ2) is 7.51. The average Bonchev–Trinajstić information content (AvgIpc) is 2.55. The van der Waals surface area contributed by atoms with Gasteiger partial charge in [0.1, 0.15) is 5.82 Å². The predicted octanol–water partition coefficient (Wildman–Crippen LogP) is 3.51. The normalized spacial score (nSPS) is 13.6. The summed E-state index contributed by atoms with van der Waals surface area (Å²) in [7, 11) is -2.70. The molecule has 25 heavy (non-hydrogen) atoms. The summed E-state index contributed by atoms with van der Waals surface area (Å²) in [4.78, 5) is -0.311. The molecular weight excluding hydrogens is 362 g/mol. The Morgan fingerprint density at radius 1 is 1.12 bits per heavy atom. The highest BCUT2D eigenvalue weighted by Crippen LogP contribution is 2.29. The lowest BCUT2D eigenvalue weighted by molar-refractivity contribution is -0.137. The molecule has 0 radical (unpaired) electrons. The smallest absolute Gasteiger partial charge is 0.375 e. The summed E-state index contributed by atoms with van der Waals surface area (Å²) in [5.41, 5.74) is -0.515. The Balaban J connectivity index is 2.12. The predicted molar refractivity (Wildman–Crippen MR) is 82.8 cm³/mol. The van der Waals surface area contributed by atoms with Crippen molar-refractivity contribution in [2.24, 2.45) is 0 Å². The Bertz CT molecular complexity index is 820. The number of methoxy groups -OCH3 is 1. The van der Waals surface area contributed by atoms with Gasteiger partial charge in [0, 0.05) is 13.7 Å². The first-order chi connectivity index (χ1) is 11.6. The number of hydrogen-bond acceptors (Lipinski definition) is 3. The SMILES string of the molecule is CO[C@H](CNS(=O)(=O)c1ccc(C(F)(F)F)cc1)c1cccc(F)c1. The van der Waals surface area contributed by atoms with E-state index in [2.05, 4.69) is 4.72 Å². The molecule has 2 aromatic carbocycles. The van der Waals surface area contributed by atoms with E-state index in [-0.39, 0.29) is 11.4 Å². The van der Waals surface area contributed by atoms with E-state index in [4.69, 9.17) is 4.74 Å². The molecule has 1 atom stereocenters. The average molecular weight is 377 g/mol. The zero-order valence-corrected chi connectivity index (χ0v) is 13.9.